The van der Waals surface area contributed by atoms with Gasteiger partial charge in [0.2, 0.25) is 17.7 Å². The molecule has 1 aromatic heterocycles. The molecule has 0 aliphatic carbocycles. The molecule has 0 saturated carbocycles. The van der Waals surface area contributed by atoms with Crippen LogP contribution in [0.4, 0.5) is 0 Å². The number of hydrogen-bond acceptors (Lipinski definition) is 8. The number of carboxylic acids is 1. The molecule has 2 aromatic rings. The Kier molecular flexibility index (Phi) is 13.5. The molecular formula is C27H43N7O6. The first kappa shape index (κ1) is 32.7. The van der Waals surface area contributed by atoms with E-state index in [1.54, 1.807) is 6.20 Å². The summed E-state index contributed by atoms with van der Waals surface area (Å²) in [5.74, 6) is -3.31. The lowest BCUT2D eigenvalue weighted by molar-refractivity contribution is -0.145. The SMILES string of the molecule is CC(O)C(NC(=O)C(CCCCN)NC(=O)C(CCCCN)NC(=O)C(N)Cc1c[nH]c2ccccc12)C(=O)O. The average molecular weight is 562 g/mol. The summed E-state index contributed by atoms with van der Waals surface area (Å²) in [4.78, 5) is 53.9. The predicted molar refractivity (Wildman–Crippen MR) is 151 cm³/mol. The minimum atomic E-state index is -1.55. The summed E-state index contributed by atoms with van der Waals surface area (Å²) in [7, 11) is 0. The van der Waals surface area contributed by atoms with E-state index in [-0.39, 0.29) is 19.3 Å². The van der Waals surface area contributed by atoms with Gasteiger partial charge in [-0.1, -0.05) is 18.2 Å². The molecule has 0 spiro atoms. The lowest BCUT2D eigenvalue weighted by atomic mass is 10.0. The van der Waals surface area contributed by atoms with Crippen LogP contribution in [0, 0.1) is 0 Å². The van der Waals surface area contributed by atoms with Crippen molar-refractivity contribution < 1.29 is 29.4 Å². The molecule has 2 rings (SSSR count). The Hall–Kier alpha value is -3.52. The third-order valence-corrected chi connectivity index (χ3v) is 6.66. The number of hydrogen-bond donors (Lipinski definition) is 9. The number of unbranched alkanes of at least 4 members (excludes halogenated alkanes) is 2. The molecule has 5 atom stereocenters. The number of nitrogens with two attached hydrogens (primary N) is 3. The number of aliphatic hydroxyl groups excluding tert-OH is 1. The quantitative estimate of drug-likeness (QED) is 0.104. The molecule has 13 nitrogen and oxygen atoms in total. The van der Waals surface area contributed by atoms with Gasteiger partial charge in [0.1, 0.15) is 12.1 Å². The average Bonchev–Trinajstić information content (AvgIpc) is 3.32. The summed E-state index contributed by atoms with van der Waals surface area (Å²) >= 11 is 0. The number of aliphatic hydroxyl groups is 1. The van der Waals surface area contributed by atoms with Crippen LogP contribution in [0.25, 0.3) is 10.9 Å². The fraction of sp³-hybridized carbons (Fsp3) is 0.556. The van der Waals surface area contributed by atoms with Crippen molar-refractivity contribution in [3.05, 3.63) is 36.0 Å². The molecule has 3 amide bonds. The molecule has 0 radical (unpaired) electrons. The third kappa shape index (κ3) is 9.90. The lowest BCUT2D eigenvalue weighted by Crippen LogP contribution is -2.58. The second-order valence-corrected chi connectivity index (χ2v) is 9.93. The number of aliphatic carboxylic acids is 1. The fourth-order valence-electron chi connectivity index (χ4n) is 4.35. The number of carboxylic acid groups (broad SMARTS) is 1. The highest BCUT2D eigenvalue weighted by atomic mass is 16.4. The molecular weight excluding hydrogens is 518 g/mol. The highest BCUT2D eigenvalue weighted by Gasteiger charge is 2.31. The van der Waals surface area contributed by atoms with E-state index in [4.69, 9.17) is 17.2 Å². The van der Waals surface area contributed by atoms with Gasteiger partial charge in [-0.2, -0.15) is 0 Å². The van der Waals surface area contributed by atoms with Crippen molar-refractivity contribution in [1.82, 2.24) is 20.9 Å². The number of aromatic amines is 1. The first-order chi connectivity index (χ1) is 19.1. The summed E-state index contributed by atoms with van der Waals surface area (Å²) in [6.07, 6.45) is 3.36. The van der Waals surface area contributed by atoms with Gasteiger partial charge < -0.3 is 48.3 Å². The highest BCUT2D eigenvalue weighted by Crippen LogP contribution is 2.19. The van der Waals surface area contributed by atoms with Crippen LogP contribution in [0.1, 0.15) is 51.0 Å². The number of amides is 3. The number of carbonyl (C=O) groups is 4. The van der Waals surface area contributed by atoms with Crippen molar-refractivity contribution in [1.29, 1.82) is 0 Å². The topological polar surface area (TPSA) is 239 Å². The molecule has 12 N–H and O–H groups in total. The summed E-state index contributed by atoms with van der Waals surface area (Å²) < 4.78 is 0. The Morgan fingerprint density at radius 3 is 1.98 bits per heavy atom. The van der Waals surface area contributed by atoms with E-state index in [1.165, 1.54) is 6.92 Å². The van der Waals surface area contributed by atoms with Crippen LogP contribution in [-0.4, -0.2) is 82.2 Å². The number of benzene rings is 1. The van der Waals surface area contributed by atoms with Crippen LogP contribution in [0.5, 0.6) is 0 Å². The van der Waals surface area contributed by atoms with Gasteiger partial charge in [-0.15, -0.1) is 0 Å². The molecule has 0 aliphatic rings. The minimum Gasteiger partial charge on any atom is -0.480 e. The molecule has 1 heterocycles. The van der Waals surface area contributed by atoms with Gasteiger partial charge in [-0.25, -0.2) is 4.79 Å². The molecule has 13 heteroatoms. The maximum absolute atomic E-state index is 13.3. The molecule has 0 bridgehead atoms. The van der Waals surface area contributed by atoms with E-state index >= 15 is 0 Å². The Morgan fingerprint density at radius 2 is 1.43 bits per heavy atom. The Morgan fingerprint density at radius 1 is 0.875 bits per heavy atom. The smallest absolute Gasteiger partial charge is 0.328 e. The van der Waals surface area contributed by atoms with E-state index in [2.05, 4.69) is 20.9 Å². The molecule has 222 valence electrons. The van der Waals surface area contributed by atoms with Crippen molar-refractivity contribution in [2.24, 2.45) is 17.2 Å². The lowest BCUT2D eigenvalue weighted by Gasteiger charge is -2.26. The largest absolute Gasteiger partial charge is 0.480 e. The summed E-state index contributed by atoms with van der Waals surface area (Å²) in [5, 5.41) is 27.7. The monoisotopic (exact) mass is 561 g/mol. The normalized spacial score (nSPS) is 15.0. The van der Waals surface area contributed by atoms with Gasteiger partial charge >= 0.3 is 5.97 Å². The molecule has 0 saturated heterocycles. The summed E-state index contributed by atoms with van der Waals surface area (Å²) in [6.45, 7) is 2.02. The summed E-state index contributed by atoms with van der Waals surface area (Å²) in [6, 6.07) is 3.05. The van der Waals surface area contributed by atoms with Crippen LogP contribution >= 0.6 is 0 Å². The highest BCUT2D eigenvalue weighted by molar-refractivity contribution is 5.94. The van der Waals surface area contributed by atoms with Crippen LogP contribution in [0.15, 0.2) is 30.5 Å². The van der Waals surface area contributed by atoms with E-state index < -0.39 is 54.0 Å². The van der Waals surface area contributed by atoms with Crippen LogP contribution in [0.3, 0.4) is 0 Å². The molecule has 0 fully saturated rings. The van der Waals surface area contributed by atoms with Crippen molar-refractivity contribution >= 4 is 34.6 Å². The first-order valence-electron chi connectivity index (χ1n) is 13.6. The second kappa shape index (κ2) is 16.6. The number of rotatable bonds is 18. The molecule has 1 aromatic carbocycles. The maximum Gasteiger partial charge on any atom is 0.328 e. The van der Waals surface area contributed by atoms with E-state index in [0.29, 0.717) is 38.8 Å². The van der Waals surface area contributed by atoms with Crippen molar-refractivity contribution in [2.45, 2.75) is 82.1 Å². The van der Waals surface area contributed by atoms with Gasteiger partial charge in [0.15, 0.2) is 6.04 Å². The van der Waals surface area contributed by atoms with Gasteiger partial charge in [0.25, 0.3) is 0 Å². The molecule has 0 aliphatic heterocycles. The van der Waals surface area contributed by atoms with Gasteiger partial charge in [-0.05, 0) is 76.6 Å². The van der Waals surface area contributed by atoms with E-state index in [1.807, 2.05) is 24.3 Å². The van der Waals surface area contributed by atoms with Gasteiger partial charge in [0.05, 0.1) is 12.1 Å². The number of H-pyrrole nitrogens is 1. The van der Waals surface area contributed by atoms with Crippen molar-refractivity contribution in [2.75, 3.05) is 13.1 Å². The van der Waals surface area contributed by atoms with Crippen LogP contribution < -0.4 is 33.2 Å². The zero-order valence-electron chi connectivity index (χ0n) is 22.9. The zero-order valence-corrected chi connectivity index (χ0v) is 22.9. The van der Waals surface area contributed by atoms with Crippen LogP contribution in [-0.2, 0) is 25.6 Å². The number of para-hydroxylation sites is 1. The maximum atomic E-state index is 13.3. The predicted octanol–water partition coefficient (Wildman–Crippen LogP) is -0.784. The first-order valence-corrected chi connectivity index (χ1v) is 13.6. The third-order valence-electron chi connectivity index (χ3n) is 6.66. The Balaban J connectivity index is 2.14. The second-order valence-electron chi connectivity index (χ2n) is 9.93. The minimum absolute atomic E-state index is 0.185. The zero-order chi connectivity index (χ0) is 29.7. The van der Waals surface area contributed by atoms with Crippen molar-refractivity contribution in [3.63, 3.8) is 0 Å². The van der Waals surface area contributed by atoms with Gasteiger partial charge in [0, 0.05) is 17.1 Å². The Bertz CT molecular complexity index is 1120. The van der Waals surface area contributed by atoms with Crippen LogP contribution in [0.2, 0.25) is 0 Å². The molecule has 40 heavy (non-hydrogen) atoms. The standard InChI is InChI=1S/C27H43N7O6/c1-16(35)23(27(39)40)34-26(38)22(11-5-7-13-29)33-25(37)21(10-4-6-12-28)32-24(36)19(30)14-17-15-31-20-9-3-2-8-18(17)20/h2-3,8-9,15-16,19,21-23,31,35H,4-7,10-14,28-30H2,1H3,(H,32,36)(H,33,37)(H,34,38)(H,39,40). The number of fused-ring (bicyclic) bond motifs is 1. The number of aromatic nitrogens is 1. The Labute approximate surface area is 233 Å². The van der Waals surface area contributed by atoms with E-state index in [0.717, 1.165) is 16.5 Å². The van der Waals surface area contributed by atoms with E-state index in [9.17, 15) is 29.4 Å². The van der Waals surface area contributed by atoms with Crippen molar-refractivity contribution in [3.8, 4) is 0 Å². The number of carbonyl (C=O) groups excluding carboxylic acids is 3. The number of nitrogens with one attached hydrogen (secondary N) is 4. The fourth-order valence-corrected chi connectivity index (χ4v) is 4.35. The summed E-state index contributed by atoms with van der Waals surface area (Å²) in [5.41, 5.74) is 19.2. The molecule has 5 unspecified atom stereocenters. The van der Waals surface area contributed by atoms with Gasteiger partial charge in [-0.3, -0.25) is 14.4 Å².